The number of rotatable bonds is 3. The Bertz CT molecular complexity index is 408. The molecule has 2 amide bonds. The van der Waals surface area contributed by atoms with Gasteiger partial charge in [0.1, 0.15) is 5.82 Å². The molecule has 98 valence electrons. The van der Waals surface area contributed by atoms with Gasteiger partial charge in [0.2, 0.25) is 0 Å². The van der Waals surface area contributed by atoms with Crippen LogP contribution in [0.2, 0.25) is 0 Å². The molecule has 1 aromatic rings. The van der Waals surface area contributed by atoms with Crippen LogP contribution in [0.5, 0.6) is 0 Å². The molecule has 6 heteroatoms. The van der Waals surface area contributed by atoms with Crippen molar-refractivity contribution in [2.24, 2.45) is 0 Å². The Kier molecular flexibility index (Phi) is 4.49. The van der Waals surface area contributed by atoms with Crippen LogP contribution in [0, 0.1) is 5.82 Å². The van der Waals surface area contributed by atoms with Crippen LogP contribution >= 0.6 is 0 Å². The van der Waals surface area contributed by atoms with Crippen molar-refractivity contribution >= 4 is 11.7 Å². The highest BCUT2D eigenvalue weighted by atomic mass is 19.1. The molecule has 0 radical (unpaired) electrons. The fourth-order valence-electron chi connectivity index (χ4n) is 1.60. The van der Waals surface area contributed by atoms with Gasteiger partial charge >= 0.3 is 6.03 Å². The summed E-state index contributed by atoms with van der Waals surface area (Å²) in [7, 11) is 0. The lowest BCUT2D eigenvalue weighted by molar-refractivity contribution is -0.0852. The number of nitrogens with one attached hydrogen (secondary N) is 2. The molecule has 1 unspecified atom stereocenters. The van der Waals surface area contributed by atoms with Gasteiger partial charge in [-0.3, -0.25) is 0 Å². The molecule has 2 N–H and O–H groups in total. The number of ether oxygens (including phenoxy) is 2. The molecule has 1 saturated heterocycles. The van der Waals surface area contributed by atoms with Crippen molar-refractivity contribution < 1.29 is 18.7 Å². The summed E-state index contributed by atoms with van der Waals surface area (Å²) in [5.74, 6) is -0.392. The van der Waals surface area contributed by atoms with E-state index in [1.807, 2.05) is 0 Å². The molecule has 1 aliphatic heterocycles. The molecule has 1 atom stereocenters. The van der Waals surface area contributed by atoms with E-state index < -0.39 is 11.8 Å². The first-order valence-electron chi connectivity index (χ1n) is 5.74. The van der Waals surface area contributed by atoms with Gasteiger partial charge in [0.15, 0.2) is 0 Å². The number of carbonyl (C=O) groups is 1. The zero-order valence-corrected chi connectivity index (χ0v) is 9.82. The van der Waals surface area contributed by atoms with Gasteiger partial charge in [-0.25, -0.2) is 9.18 Å². The molecule has 18 heavy (non-hydrogen) atoms. The second kappa shape index (κ2) is 6.32. The number of carbonyl (C=O) groups excluding carboxylic acids is 1. The highest BCUT2D eigenvalue weighted by Crippen LogP contribution is 2.08. The number of anilines is 1. The maximum atomic E-state index is 12.9. The minimum Gasteiger partial charge on any atom is -0.376 e. The molecular formula is C12H15FN2O3. The number of urea groups is 1. The van der Waals surface area contributed by atoms with E-state index in [9.17, 15) is 9.18 Å². The molecule has 0 aliphatic carbocycles. The normalized spacial score (nSPS) is 19.3. The first-order chi connectivity index (χ1) is 8.74. The van der Waals surface area contributed by atoms with Crippen LogP contribution in [0.1, 0.15) is 0 Å². The quantitative estimate of drug-likeness (QED) is 0.856. The fraction of sp³-hybridized carbons (Fsp3) is 0.417. The van der Waals surface area contributed by atoms with Gasteiger partial charge in [0, 0.05) is 12.2 Å². The summed E-state index contributed by atoms with van der Waals surface area (Å²) in [6.07, 6.45) is -0.128. The van der Waals surface area contributed by atoms with E-state index in [4.69, 9.17) is 9.47 Å². The van der Waals surface area contributed by atoms with Crippen molar-refractivity contribution in [2.45, 2.75) is 6.10 Å². The van der Waals surface area contributed by atoms with Crippen LogP contribution in [-0.4, -0.2) is 38.5 Å². The number of benzene rings is 1. The van der Waals surface area contributed by atoms with Crippen LogP contribution in [0.15, 0.2) is 24.3 Å². The van der Waals surface area contributed by atoms with Gasteiger partial charge in [0.05, 0.1) is 25.9 Å². The SMILES string of the molecule is O=C(NCC1COCCO1)Nc1cccc(F)c1. The molecule has 0 aromatic heterocycles. The lowest BCUT2D eigenvalue weighted by atomic mass is 10.3. The first kappa shape index (κ1) is 12.8. The Morgan fingerprint density at radius 2 is 2.33 bits per heavy atom. The maximum Gasteiger partial charge on any atom is 0.319 e. The van der Waals surface area contributed by atoms with E-state index in [2.05, 4.69) is 10.6 Å². The lowest BCUT2D eigenvalue weighted by Gasteiger charge is -2.23. The monoisotopic (exact) mass is 254 g/mol. The predicted molar refractivity (Wildman–Crippen MR) is 64.0 cm³/mol. The number of hydrogen-bond acceptors (Lipinski definition) is 3. The summed E-state index contributed by atoms with van der Waals surface area (Å²) in [4.78, 5) is 11.5. The van der Waals surface area contributed by atoms with Gasteiger partial charge in [-0.05, 0) is 18.2 Å². The van der Waals surface area contributed by atoms with Crippen molar-refractivity contribution in [3.05, 3.63) is 30.1 Å². The Hall–Kier alpha value is -1.66. The zero-order valence-electron chi connectivity index (χ0n) is 9.82. The summed E-state index contributed by atoms with van der Waals surface area (Å²) < 4.78 is 23.5. The number of halogens is 1. The smallest absolute Gasteiger partial charge is 0.319 e. The van der Waals surface area contributed by atoms with Crippen molar-refractivity contribution in [3.63, 3.8) is 0 Å². The third kappa shape index (κ3) is 3.97. The molecule has 1 heterocycles. The lowest BCUT2D eigenvalue weighted by Crippen LogP contribution is -2.41. The highest BCUT2D eigenvalue weighted by Gasteiger charge is 2.15. The maximum absolute atomic E-state index is 12.9. The van der Waals surface area contributed by atoms with Crippen LogP contribution < -0.4 is 10.6 Å². The van der Waals surface area contributed by atoms with Gasteiger partial charge in [-0.15, -0.1) is 0 Å². The van der Waals surface area contributed by atoms with E-state index in [0.29, 0.717) is 32.1 Å². The van der Waals surface area contributed by atoms with Crippen LogP contribution in [0.25, 0.3) is 0 Å². The summed E-state index contributed by atoms with van der Waals surface area (Å²) in [5, 5.41) is 5.18. The van der Waals surface area contributed by atoms with E-state index >= 15 is 0 Å². The average molecular weight is 254 g/mol. The Labute approximate surface area is 104 Å². The molecule has 0 spiro atoms. The van der Waals surface area contributed by atoms with Gasteiger partial charge in [-0.2, -0.15) is 0 Å². The summed E-state index contributed by atoms with van der Waals surface area (Å²) in [6, 6.07) is 5.32. The Morgan fingerprint density at radius 1 is 1.44 bits per heavy atom. The van der Waals surface area contributed by atoms with Crippen molar-refractivity contribution in [2.75, 3.05) is 31.7 Å². The second-order valence-corrected chi connectivity index (χ2v) is 3.91. The Balaban J connectivity index is 1.74. The summed E-state index contributed by atoms with van der Waals surface area (Å²) >= 11 is 0. The molecule has 1 fully saturated rings. The third-order valence-electron chi connectivity index (χ3n) is 2.46. The summed E-state index contributed by atoms with van der Waals surface area (Å²) in [6.45, 7) is 1.96. The van der Waals surface area contributed by atoms with Gasteiger partial charge < -0.3 is 20.1 Å². The molecule has 5 nitrogen and oxygen atoms in total. The molecule has 2 rings (SSSR count). The average Bonchev–Trinajstić information content (AvgIpc) is 2.38. The largest absolute Gasteiger partial charge is 0.376 e. The molecule has 1 aliphatic rings. The molecule has 0 saturated carbocycles. The van der Waals surface area contributed by atoms with Crippen LogP contribution in [-0.2, 0) is 9.47 Å². The predicted octanol–water partition coefficient (Wildman–Crippen LogP) is 1.36. The fourth-order valence-corrected chi connectivity index (χ4v) is 1.60. The highest BCUT2D eigenvalue weighted by molar-refractivity contribution is 5.89. The minimum atomic E-state index is -0.394. The first-order valence-corrected chi connectivity index (χ1v) is 5.74. The van der Waals surface area contributed by atoms with Crippen molar-refractivity contribution in [1.29, 1.82) is 0 Å². The molecular weight excluding hydrogens is 239 g/mol. The summed E-state index contributed by atoms with van der Waals surface area (Å²) in [5.41, 5.74) is 0.410. The number of hydrogen-bond donors (Lipinski definition) is 2. The zero-order chi connectivity index (χ0) is 12.8. The topological polar surface area (TPSA) is 59.6 Å². The van der Waals surface area contributed by atoms with E-state index in [-0.39, 0.29) is 6.10 Å². The van der Waals surface area contributed by atoms with Crippen molar-refractivity contribution in [3.8, 4) is 0 Å². The Morgan fingerprint density at radius 3 is 3.06 bits per heavy atom. The van der Waals surface area contributed by atoms with Crippen molar-refractivity contribution in [1.82, 2.24) is 5.32 Å². The minimum absolute atomic E-state index is 0.128. The molecule has 1 aromatic carbocycles. The van der Waals surface area contributed by atoms with E-state index in [1.165, 1.54) is 18.2 Å². The third-order valence-corrected chi connectivity index (χ3v) is 2.46. The molecule has 0 bridgehead atoms. The van der Waals surface area contributed by atoms with E-state index in [0.717, 1.165) is 0 Å². The number of amides is 2. The van der Waals surface area contributed by atoms with Crippen LogP contribution in [0.4, 0.5) is 14.9 Å². The van der Waals surface area contributed by atoms with E-state index in [1.54, 1.807) is 6.07 Å². The van der Waals surface area contributed by atoms with Gasteiger partial charge in [-0.1, -0.05) is 6.07 Å². The standard InChI is InChI=1S/C12H15FN2O3/c13-9-2-1-3-10(6-9)15-12(16)14-7-11-8-17-4-5-18-11/h1-3,6,11H,4-5,7-8H2,(H2,14,15,16). The van der Waals surface area contributed by atoms with Gasteiger partial charge in [0.25, 0.3) is 0 Å². The van der Waals surface area contributed by atoms with Crippen LogP contribution in [0.3, 0.4) is 0 Å². The second-order valence-electron chi connectivity index (χ2n) is 3.91.